The van der Waals surface area contributed by atoms with Crippen LogP contribution in [0.3, 0.4) is 0 Å². The molecule has 0 spiro atoms. The van der Waals surface area contributed by atoms with Crippen LogP contribution in [0.15, 0.2) is 36.4 Å². The Hall–Kier alpha value is -2.49. The molecule has 4 nitrogen and oxygen atoms in total. The number of rotatable bonds is 1. The fourth-order valence-electron chi connectivity index (χ4n) is 2.21. The van der Waals surface area contributed by atoms with Crippen molar-refractivity contribution in [3.63, 3.8) is 0 Å². The van der Waals surface area contributed by atoms with Gasteiger partial charge in [0, 0.05) is 10.8 Å². The summed E-state index contributed by atoms with van der Waals surface area (Å²) in [5.41, 5.74) is 1.77. The lowest BCUT2D eigenvalue weighted by molar-refractivity contribution is 0.0603. The first-order valence-corrected chi connectivity index (χ1v) is 5.53. The van der Waals surface area contributed by atoms with Gasteiger partial charge in [0.2, 0.25) is 0 Å². The van der Waals surface area contributed by atoms with E-state index >= 15 is 0 Å². The summed E-state index contributed by atoms with van der Waals surface area (Å²) in [6, 6.07) is 10.7. The molecule has 3 rings (SSSR count). The number of fused-ring (bicyclic) bond motifs is 3. The Balaban J connectivity index is 2.46. The maximum atomic E-state index is 11.7. The molecule has 2 N–H and O–H groups in total. The van der Waals surface area contributed by atoms with E-state index in [-0.39, 0.29) is 5.75 Å². The van der Waals surface area contributed by atoms with Crippen molar-refractivity contribution in [2.45, 2.75) is 0 Å². The van der Waals surface area contributed by atoms with Crippen LogP contribution in [-0.2, 0) is 4.74 Å². The molecule has 0 radical (unpaired) electrons. The topological polar surface area (TPSA) is 62.3 Å². The van der Waals surface area contributed by atoms with Gasteiger partial charge in [-0.25, -0.2) is 4.79 Å². The number of aromatic nitrogens is 1. The van der Waals surface area contributed by atoms with Gasteiger partial charge in [0.1, 0.15) is 5.75 Å². The summed E-state index contributed by atoms with van der Waals surface area (Å²) < 4.78 is 4.75. The number of H-pyrrole nitrogens is 1. The van der Waals surface area contributed by atoms with Crippen LogP contribution in [0, 0.1) is 0 Å². The SMILES string of the molecule is COC(=O)c1cccc2c1[nH]c1c(O)cccc12. The fourth-order valence-corrected chi connectivity index (χ4v) is 2.21. The Kier molecular flexibility index (Phi) is 2.23. The summed E-state index contributed by atoms with van der Waals surface area (Å²) in [6.07, 6.45) is 0. The molecule has 1 aromatic heterocycles. The molecule has 0 saturated heterocycles. The summed E-state index contributed by atoms with van der Waals surface area (Å²) in [5.74, 6) is -0.230. The summed E-state index contributed by atoms with van der Waals surface area (Å²) in [7, 11) is 1.35. The second-order valence-corrected chi connectivity index (χ2v) is 4.04. The van der Waals surface area contributed by atoms with Crippen molar-refractivity contribution in [1.29, 1.82) is 0 Å². The van der Waals surface area contributed by atoms with Gasteiger partial charge in [-0.3, -0.25) is 0 Å². The lowest BCUT2D eigenvalue weighted by atomic mass is 10.1. The number of carbonyl (C=O) groups excluding carboxylic acids is 1. The van der Waals surface area contributed by atoms with Gasteiger partial charge in [-0.05, 0) is 12.1 Å². The largest absolute Gasteiger partial charge is 0.506 e. The summed E-state index contributed by atoms with van der Waals surface area (Å²) in [6.45, 7) is 0. The third-order valence-electron chi connectivity index (χ3n) is 3.05. The molecule has 0 bridgehead atoms. The maximum Gasteiger partial charge on any atom is 0.339 e. The van der Waals surface area contributed by atoms with Gasteiger partial charge in [-0.1, -0.05) is 24.3 Å². The number of hydrogen-bond donors (Lipinski definition) is 2. The van der Waals surface area contributed by atoms with Crippen LogP contribution in [-0.4, -0.2) is 23.2 Å². The lowest BCUT2D eigenvalue weighted by Gasteiger charge is -2.00. The van der Waals surface area contributed by atoms with Crippen molar-refractivity contribution in [2.75, 3.05) is 7.11 Å². The van der Waals surface area contributed by atoms with E-state index < -0.39 is 5.97 Å². The van der Waals surface area contributed by atoms with Gasteiger partial charge >= 0.3 is 5.97 Å². The number of methoxy groups -OCH3 is 1. The number of carbonyl (C=O) groups is 1. The van der Waals surface area contributed by atoms with Crippen LogP contribution in [0.1, 0.15) is 10.4 Å². The fraction of sp³-hybridized carbons (Fsp3) is 0.0714. The molecule has 18 heavy (non-hydrogen) atoms. The summed E-state index contributed by atoms with van der Waals surface area (Å²) >= 11 is 0. The minimum Gasteiger partial charge on any atom is -0.506 e. The molecule has 90 valence electrons. The first kappa shape index (κ1) is 10.7. The van der Waals surface area contributed by atoms with Gasteiger partial charge < -0.3 is 14.8 Å². The highest BCUT2D eigenvalue weighted by atomic mass is 16.5. The third kappa shape index (κ3) is 1.35. The van der Waals surface area contributed by atoms with Gasteiger partial charge in [-0.2, -0.15) is 0 Å². The number of ether oxygens (including phenoxy) is 1. The molecule has 0 aliphatic rings. The first-order chi connectivity index (χ1) is 8.72. The molecule has 2 aromatic carbocycles. The van der Waals surface area contributed by atoms with E-state index in [2.05, 4.69) is 4.98 Å². The number of aromatic amines is 1. The smallest absolute Gasteiger partial charge is 0.339 e. The van der Waals surface area contributed by atoms with Crippen LogP contribution in [0.4, 0.5) is 0 Å². The van der Waals surface area contributed by atoms with Crippen molar-refractivity contribution in [2.24, 2.45) is 0 Å². The highest BCUT2D eigenvalue weighted by molar-refractivity contribution is 6.14. The van der Waals surface area contributed by atoms with Crippen LogP contribution in [0.5, 0.6) is 5.75 Å². The zero-order valence-corrected chi connectivity index (χ0v) is 9.73. The number of para-hydroxylation sites is 2. The van der Waals surface area contributed by atoms with E-state index in [1.165, 1.54) is 7.11 Å². The molecular weight excluding hydrogens is 230 g/mol. The van der Waals surface area contributed by atoms with E-state index in [9.17, 15) is 9.90 Å². The molecule has 0 fully saturated rings. The number of hydrogen-bond acceptors (Lipinski definition) is 3. The molecular formula is C14H11NO3. The lowest BCUT2D eigenvalue weighted by Crippen LogP contribution is -2.01. The predicted octanol–water partition coefficient (Wildman–Crippen LogP) is 2.81. The minimum atomic E-state index is -0.397. The normalized spacial score (nSPS) is 10.9. The Bertz CT molecular complexity index is 758. The number of phenols is 1. The number of phenolic OH excluding ortho intramolecular Hbond substituents is 1. The number of esters is 1. The van der Waals surface area contributed by atoms with Gasteiger partial charge in [0.25, 0.3) is 0 Å². The number of aromatic hydroxyl groups is 1. The Morgan fingerprint density at radius 1 is 1.11 bits per heavy atom. The maximum absolute atomic E-state index is 11.7. The standard InChI is InChI=1S/C14H11NO3/c1-18-14(17)10-6-2-4-8-9-5-3-7-11(16)13(9)15-12(8)10/h2-7,15-16H,1H3. The van der Waals surface area contributed by atoms with E-state index in [1.807, 2.05) is 12.1 Å². The molecule has 1 heterocycles. The molecule has 3 aromatic rings. The van der Waals surface area contributed by atoms with Crippen molar-refractivity contribution in [3.8, 4) is 5.75 Å². The van der Waals surface area contributed by atoms with Gasteiger partial charge in [0.15, 0.2) is 0 Å². The van der Waals surface area contributed by atoms with Crippen LogP contribution >= 0.6 is 0 Å². The molecule has 0 amide bonds. The monoisotopic (exact) mass is 241 g/mol. The van der Waals surface area contributed by atoms with Crippen LogP contribution < -0.4 is 0 Å². The Morgan fingerprint density at radius 2 is 1.78 bits per heavy atom. The van der Waals surface area contributed by atoms with E-state index in [4.69, 9.17) is 4.74 Å². The van der Waals surface area contributed by atoms with Crippen LogP contribution in [0.25, 0.3) is 21.8 Å². The van der Waals surface area contributed by atoms with Gasteiger partial charge in [-0.15, -0.1) is 0 Å². The van der Waals surface area contributed by atoms with Crippen molar-refractivity contribution < 1.29 is 14.6 Å². The molecule has 0 atom stereocenters. The molecule has 0 saturated carbocycles. The van der Waals surface area contributed by atoms with E-state index in [1.54, 1.807) is 24.3 Å². The predicted molar refractivity (Wildman–Crippen MR) is 68.8 cm³/mol. The quantitative estimate of drug-likeness (QED) is 0.644. The second-order valence-electron chi connectivity index (χ2n) is 4.04. The highest BCUT2D eigenvalue weighted by Gasteiger charge is 2.14. The minimum absolute atomic E-state index is 0.166. The number of nitrogens with one attached hydrogen (secondary N) is 1. The zero-order valence-electron chi connectivity index (χ0n) is 9.73. The molecule has 4 heteroatoms. The summed E-state index contributed by atoms with van der Waals surface area (Å²) in [4.78, 5) is 14.8. The highest BCUT2D eigenvalue weighted by Crippen LogP contribution is 2.32. The van der Waals surface area contributed by atoms with E-state index in [0.717, 1.165) is 10.8 Å². The average molecular weight is 241 g/mol. The molecule has 0 aliphatic heterocycles. The van der Waals surface area contributed by atoms with Crippen molar-refractivity contribution in [3.05, 3.63) is 42.0 Å². The first-order valence-electron chi connectivity index (χ1n) is 5.53. The molecule has 0 aliphatic carbocycles. The Morgan fingerprint density at radius 3 is 2.50 bits per heavy atom. The van der Waals surface area contributed by atoms with Gasteiger partial charge in [0.05, 0.1) is 23.7 Å². The van der Waals surface area contributed by atoms with E-state index in [0.29, 0.717) is 16.6 Å². The second kappa shape index (κ2) is 3.77. The number of benzene rings is 2. The Labute approximate surface area is 103 Å². The van der Waals surface area contributed by atoms with Crippen molar-refractivity contribution in [1.82, 2.24) is 4.98 Å². The molecule has 0 unspecified atom stereocenters. The summed E-state index contributed by atoms with van der Waals surface area (Å²) in [5, 5.41) is 11.6. The average Bonchev–Trinajstić information content (AvgIpc) is 2.78. The van der Waals surface area contributed by atoms with Crippen molar-refractivity contribution >= 4 is 27.8 Å². The third-order valence-corrected chi connectivity index (χ3v) is 3.05. The van der Waals surface area contributed by atoms with Crippen LogP contribution in [0.2, 0.25) is 0 Å². The zero-order chi connectivity index (χ0) is 12.7.